The van der Waals surface area contributed by atoms with Gasteiger partial charge in [0.25, 0.3) is 5.91 Å². The molecule has 190 valence electrons. The fraction of sp³-hybridized carbons (Fsp3) is 0.481. The predicted octanol–water partition coefficient (Wildman–Crippen LogP) is 1.71. The Balaban J connectivity index is 1.08. The second kappa shape index (κ2) is 10.8. The zero-order valence-electron chi connectivity index (χ0n) is 20.7. The first-order valence-electron chi connectivity index (χ1n) is 12.8. The van der Waals surface area contributed by atoms with Crippen LogP contribution in [0, 0.1) is 0 Å². The molecule has 5 rings (SSSR count). The number of benzene rings is 1. The SMILES string of the molecule is CC(=O)N1CCC(Nc2cc(C(=O)NCC(O)CN3CCC4=C(Cc5ccccc54)C3)ncn2)CC1. The molecule has 9 heteroatoms. The number of aliphatic hydroxyl groups is 1. The summed E-state index contributed by atoms with van der Waals surface area (Å²) in [6, 6.07) is 10.4. The number of β-amino-alcohol motifs (C(OH)–C–C–N with tert-alkyl or cyclic N) is 1. The summed E-state index contributed by atoms with van der Waals surface area (Å²) < 4.78 is 0. The highest BCUT2D eigenvalue weighted by Gasteiger charge is 2.27. The van der Waals surface area contributed by atoms with Gasteiger partial charge in [0.2, 0.25) is 5.91 Å². The van der Waals surface area contributed by atoms with Gasteiger partial charge in [-0.15, -0.1) is 0 Å². The number of fused-ring (bicyclic) bond motifs is 2. The van der Waals surface area contributed by atoms with Crippen molar-refractivity contribution in [2.24, 2.45) is 0 Å². The largest absolute Gasteiger partial charge is 0.390 e. The summed E-state index contributed by atoms with van der Waals surface area (Å²) in [5.74, 6) is 0.357. The second-order valence-electron chi connectivity index (χ2n) is 9.98. The van der Waals surface area contributed by atoms with E-state index < -0.39 is 6.10 Å². The molecule has 3 heterocycles. The number of aliphatic hydroxyl groups excluding tert-OH is 1. The van der Waals surface area contributed by atoms with Crippen LogP contribution >= 0.6 is 0 Å². The lowest BCUT2D eigenvalue weighted by Gasteiger charge is -2.31. The molecule has 3 N–H and O–H groups in total. The van der Waals surface area contributed by atoms with Gasteiger partial charge in [-0.25, -0.2) is 9.97 Å². The number of anilines is 1. The van der Waals surface area contributed by atoms with Crippen molar-refractivity contribution in [3.8, 4) is 0 Å². The molecule has 1 aliphatic carbocycles. The highest BCUT2D eigenvalue weighted by molar-refractivity contribution is 5.92. The Kier molecular flexibility index (Phi) is 7.29. The van der Waals surface area contributed by atoms with Gasteiger partial charge in [-0.3, -0.25) is 14.5 Å². The van der Waals surface area contributed by atoms with Crippen LogP contribution in [0.1, 0.15) is 47.8 Å². The maximum absolute atomic E-state index is 12.7. The zero-order valence-corrected chi connectivity index (χ0v) is 20.7. The molecule has 2 aromatic rings. The van der Waals surface area contributed by atoms with Gasteiger partial charge >= 0.3 is 0 Å². The van der Waals surface area contributed by atoms with Crippen LogP contribution in [-0.4, -0.2) is 88.1 Å². The smallest absolute Gasteiger partial charge is 0.270 e. The number of hydrogen-bond donors (Lipinski definition) is 3. The maximum atomic E-state index is 12.7. The van der Waals surface area contributed by atoms with Gasteiger partial charge in [-0.2, -0.15) is 0 Å². The number of hydrogen-bond acceptors (Lipinski definition) is 7. The third kappa shape index (κ3) is 5.57. The standard InChI is InChI=1S/C27H34N6O3/c1-18(34)33-10-6-21(7-11-33)31-26-13-25(29-17-30-26)27(36)28-14-22(35)16-32-9-8-24-20(15-32)12-19-4-2-3-5-23(19)24/h2-5,13,17,21-22,35H,6-12,14-16H2,1H3,(H,28,36)(H,29,30,31). The van der Waals surface area contributed by atoms with Gasteiger partial charge in [0.05, 0.1) is 6.10 Å². The first-order valence-corrected chi connectivity index (χ1v) is 12.8. The predicted molar refractivity (Wildman–Crippen MR) is 137 cm³/mol. The number of nitrogens with one attached hydrogen (secondary N) is 2. The Hall–Kier alpha value is -3.30. The van der Waals surface area contributed by atoms with Crippen LogP contribution in [0.5, 0.6) is 0 Å². The van der Waals surface area contributed by atoms with Crippen molar-refractivity contribution < 1.29 is 14.7 Å². The summed E-state index contributed by atoms with van der Waals surface area (Å²) in [6.45, 7) is 5.47. The van der Waals surface area contributed by atoms with E-state index in [1.54, 1.807) is 13.0 Å². The summed E-state index contributed by atoms with van der Waals surface area (Å²) in [5.41, 5.74) is 5.98. The molecule has 3 aliphatic rings. The van der Waals surface area contributed by atoms with Gasteiger partial charge in [0, 0.05) is 58.3 Å². The first kappa shape index (κ1) is 24.4. The quantitative estimate of drug-likeness (QED) is 0.542. The van der Waals surface area contributed by atoms with E-state index in [1.165, 1.54) is 28.6 Å². The number of aromatic nitrogens is 2. The third-order valence-corrected chi connectivity index (χ3v) is 7.42. The monoisotopic (exact) mass is 490 g/mol. The van der Waals surface area contributed by atoms with Crippen LogP contribution in [0.15, 0.2) is 42.2 Å². The number of piperidine rings is 1. The molecule has 1 fully saturated rings. The normalized spacial score (nSPS) is 19.0. The highest BCUT2D eigenvalue weighted by atomic mass is 16.3. The average molecular weight is 491 g/mol. The van der Waals surface area contributed by atoms with Crippen molar-refractivity contribution in [3.63, 3.8) is 0 Å². The minimum absolute atomic E-state index is 0.0999. The van der Waals surface area contributed by atoms with Crippen LogP contribution in [0.3, 0.4) is 0 Å². The Morgan fingerprint density at radius 3 is 2.78 bits per heavy atom. The molecule has 1 aromatic carbocycles. The van der Waals surface area contributed by atoms with Crippen molar-refractivity contribution in [1.29, 1.82) is 0 Å². The van der Waals surface area contributed by atoms with E-state index >= 15 is 0 Å². The molecule has 36 heavy (non-hydrogen) atoms. The van der Waals surface area contributed by atoms with E-state index in [4.69, 9.17) is 0 Å². The van der Waals surface area contributed by atoms with Gasteiger partial charge in [0.1, 0.15) is 17.8 Å². The molecular formula is C27H34N6O3. The lowest BCUT2D eigenvalue weighted by molar-refractivity contribution is -0.129. The Morgan fingerprint density at radius 1 is 1.17 bits per heavy atom. The molecule has 2 amide bonds. The van der Waals surface area contributed by atoms with Crippen LogP contribution in [0.25, 0.3) is 5.57 Å². The number of rotatable bonds is 7. The topological polar surface area (TPSA) is 111 Å². The summed E-state index contributed by atoms with van der Waals surface area (Å²) >= 11 is 0. The molecule has 1 unspecified atom stereocenters. The van der Waals surface area contributed by atoms with E-state index in [9.17, 15) is 14.7 Å². The van der Waals surface area contributed by atoms with E-state index in [0.717, 1.165) is 38.8 Å². The molecule has 1 saturated heterocycles. The Labute approximate surface area is 211 Å². The second-order valence-corrected chi connectivity index (χ2v) is 9.98. The first-order chi connectivity index (χ1) is 17.5. The van der Waals surface area contributed by atoms with Gasteiger partial charge < -0.3 is 20.6 Å². The Bertz CT molecular complexity index is 1160. The molecule has 1 atom stereocenters. The van der Waals surface area contributed by atoms with Crippen molar-refractivity contribution in [3.05, 3.63) is 59.1 Å². The van der Waals surface area contributed by atoms with E-state index in [1.807, 2.05) is 4.90 Å². The van der Waals surface area contributed by atoms with Crippen LogP contribution in [0.4, 0.5) is 5.82 Å². The number of amides is 2. The molecular weight excluding hydrogens is 456 g/mol. The zero-order chi connectivity index (χ0) is 25.1. The summed E-state index contributed by atoms with van der Waals surface area (Å²) in [5, 5.41) is 16.8. The van der Waals surface area contributed by atoms with Crippen LogP contribution in [0.2, 0.25) is 0 Å². The molecule has 0 spiro atoms. The van der Waals surface area contributed by atoms with Gasteiger partial charge in [-0.05, 0) is 48.0 Å². The minimum Gasteiger partial charge on any atom is -0.390 e. The summed E-state index contributed by atoms with van der Waals surface area (Å²) in [7, 11) is 0. The highest BCUT2D eigenvalue weighted by Crippen LogP contribution is 2.37. The molecule has 0 saturated carbocycles. The van der Waals surface area contributed by atoms with Crippen LogP contribution in [-0.2, 0) is 11.2 Å². The summed E-state index contributed by atoms with van der Waals surface area (Å²) in [6.07, 6.45) is 4.36. The van der Waals surface area contributed by atoms with Crippen LogP contribution < -0.4 is 10.6 Å². The number of carbonyl (C=O) groups excluding carboxylic acids is 2. The average Bonchev–Trinajstić information content (AvgIpc) is 3.25. The van der Waals surface area contributed by atoms with Crippen molar-refractivity contribution in [1.82, 2.24) is 25.1 Å². The number of likely N-dealkylation sites (tertiary alicyclic amines) is 1. The van der Waals surface area contributed by atoms with E-state index in [-0.39, 0.29) is 30.1 Å². The lowest BCUT2D eigenvalue weighted by atomic mass is 9.99. The van der Waals surface area contributed by atoms with Crippen molar-refractivity contribution >= 4 is 23.2 Å². The minimum atomic E-state index is -0.661. The van der Waals surface area contributed by atoms with Crippen molar-refractivity contribution in [2.75, 3.05) is 44.6 Å². The van der Waals surface area contributed by atoms with Crippen molar-refractivity contribution in [2.45, 2.75) is 44.8 Å². The van der Waals surface area contributed by atoms with E-state index in [0.29, 0.717) is 25.5 Å². The Morgan fingerprint density at radius 2 is 1.97 bits per heavy atom. The number of nitrogens with zero attached hydrogens (tertiary/aromatic N) is 4. The summed E-state index contributed by atoms with van der Waals surface area (Å²) in [4.78, 5) is 36.6. The van der Waals surface area contributed by atoms with Gasteiger partial charge in [0.15, 0.2) is 0 Å². The lowest BCUT2D eigenvalue weighted by Crippen LogP contribution is -2.42. The molecule has 1 aromatic heterocycles. The number of carbonyl (C=O) groups is 2. The van der Waals surface area contributed by atoms with E-state index in [2.05, 4.69) is 49.8 Å². The molecule has 2 aliphatic heterocycles. The maximum Gasteiger partial charge on any atom is 0.270 e. The van der Waals surface area contributed by atoms with Gasteiger partial charge in [-0.1, -0.05) is 24.3 Å². The molecule has 9 nitrogen and oxygen atoms in total. The fourth-order valence-electron chi connectivity index (χ4n) is 5.51. The third-order valence-electron chi connectivity index (χ3n) is 7.42. The molecule has 0 bridgehead atoms. The fourth-order valence-corrected chi connectivity index (χ4v) is 5.51. The molecule has 0 radical (unpaired) electrons.